The summed E-state index contributed by atoms with van der Waals surface area (Å²) >= 11 is 0. The third kappa shape index (κ3) is 7.44. The van der Waals surface area contributed by atoms with Crippen LogP contribution in [0.4, 0.5) is 0 Å². The highest BCUT2D eigenvalue weighted by Crippen LogP contribution is 2.14. The lowest BCUT2D eigenvalue weighted by Crippen LogP contribution is -2.32. The Balaban J connectivity index is 1.76. The average molecular weight is 348 g/mol. The predicted molar refractivity (Wildman–Crippen MR) is 101 cm³/mol. The van der Waals surface area contributed by atoms with Gasteiger partial charge in [0.1, 0.15) is 0 Å². The van der Waals surface area contributed by atoms with Crippen LogP contribution in [-0.4, -0.2) is 37.1 Å². The molecule has 0 aromatic heterocycles. The van der Waals surface area contributed by atoms with Gasteiger partial charge in [0, 0.05) is 25.4 Å². The molecule has 0 amide bonds. The molecule has 1 atom stereocenters. The number of hydrazine groups is 1. The Bertz CT molecular complexity index is 525. The van der Waals surface area contributed by atoms with E-state index in [2.05, 4.69) is 31.3 Å². The van der Waals surface area contributed by atoms with Crippen LogP contribution in [-0.2, 0) is 16.0 Å². The summed E-state index contributed by atoms with van der Waals surface area (Å²) in [5, 5.41) is 4.96. The molecule has 1 saturated heterocycles. The lowest BCUT2D eigenvalue weighted by Gasteiger charge is -2.23. The molecule has 2 rings (SSSR count). The van der Waals surface area contributed by atoms with Gasteiger partial charge in [-0.1, -0.05) is 38.1 Å². The van der Waals surface area contributed by atoms with Crippen LogP contribution in [0.2, 0.25) is 0 Å². The van der Waals surface area contributed by atoms with Crippen molar-refractivity contribution in [1.29, 1.82) is 0 Å². The van der Waals surface area contributed by atoms with E-state index in [9.17, 15) is 0 Å². The standard InChI is InChI=1S/C19H32N4O2/c1-15(2)22-13-16-6-8-17(9-7-16)18(20)14-23(21)10-12-25-19-5-3-4-11-24-19/h6-9,14-15,19,22H,3-5,10-13,20-21H2,1-2H3/b18-14-. The number of ether oxygens (including phenoxy) is 2. The molecule has 0 bridgehead atoms. The summed E-state index contributed by atoms with van der Waals surface area (Å²) < 4.78 is 11.2. The number of nitrogens with one attached hydrogen (secondary N) is 1. The summed E-state index contributed by atoms with van der Waals surface area (Å²) in [7, 11) is 0. The van der Waals surface area contributed by atoms with Crippen LogP contribution in [0.25, 0.3) is 5.70 Å². The van der Waals surface area contributed by atoms with Gasteiger partial charge in [-0.2, -0.15) is 0 Å². The second-order valence-corrected chi connectivity index (χ2v) is 6.72. The van der Waals surface area contributed by atoms with Crippen molar-refractivity contribution >= 4 is 5.70 Å². The SMILES string of the molecule is CC(C)NCc1ccc(/C(N)=C/N(N)CCOC2CCCCO2)cc1. The fourth-order valence-corrected chi connectivity index (χ4v) is 2.59. The monoisotopic (exact) mass is 348 g/mol. The molecular formula is C19H32N4O2. The van der Waals surface area contributed by atoms with Crippen LogP contribution in [0.5, 0.6) is 0 Å². The molecule has 6 heteroatoms. The smallest absolute Gasteiger partial charge is 0.157 e. The van der Waals surface area contributed by atoms with Gasteiger partial charge in [0.25, 0.3) is 0 Å². The molecule has 1 fully saturated rings. The van der Waals surface area contributed by atoms with Gasteiger partial charge < -0.3 is 25.5 Å². The number of nitrogens with zero attached hydrogens (tertiary/aromatic N) is 1. The zero-order valence-corrected chi connectivity index (χ0v) is 15.4. The maximum Gasteiger partial charge on any atom is 0.157 e. The molecule has 1 aromatic rings. The van der Waals surface area contributed by atoms with Crippen molar-refractivity contribution in [3.8, 4) is 0 Å². The van der Waals surface area contributed by atoms with Gasteiger partial charge in [-0.3, -0.25) is 0 Å². The number of hydrogen-bond acceptors (Lipinski definition) is 6. The van der Waals surface area contributed by atoms with Crippen molar-refractivity contribution in [2.75, 3.05) is 19.8 Å². The van der Waals surface area contributed by atoms with Gasteiger partial charge in [-0.05, 0) is 30.4 Å². The van der Waals surface area contributed by atoms with Crippen LogP contribution in [0.15, 0.2) is 30.5 Å². The number of benzene rings is 1. The van der Waals surface area contributed by atoms with E-state index in [1.807, 2.05) is 12.1 Å². The summed E-state index contributed by atoms with van der Waals surface area (Å²) in [4.78, 5) is 0. The van der Waals surface area contributed by atoms with E-state index in [4.69, 9.17) is 21.1 Å². The predicted octanol–water partition coefficient (Wildman–Crippen LogP) is 2.16. The first-order chi connectivity index (χ1) is 12.0. The topological polar surface area (TPSA) is 85.8 Å². The molecule has 0 radical (unpaired) electrons. The highest BCUT2D eigenvalue weighted by Gasteiger charge is 2.13. The second-order valence-electron chi connectivity index (χ2n) is 6.72. The summed E-state index contributed by atoms with van der Waals surface area (Å²) in [5.41, 5.74) is 8.97. The van der Waals surface area contributed by atoms with Crippen molar-refractivity contribution in [3.63, 3.8) is 0 Å². The van der Waals surface area contributed by atoms with Gasteiger partial charge in [0.05, 0.1) is 18.8 Å². The zero-order chi connectivity index (χ0) is 18.1. The minimum atomic E-state index is -0.0875. The van der Waals surface area contributed by atoms with E-state index in [1.54, 1.807) is 11.2 Å². The van der Waals surface area contributed by atoms with Gasteiger partial charge >= 0.3 is 0 Å². The summed E-state index contributed by atoms with van der Waals surface area (Å²) in [6.45, 7) is 6.99. The van der Waals surface area contributed by atoms with E-state index in [0.29, 0.717) is 24.9 Å². The summed E-state index contributed by atoms with van der Waals surface area (Å²) in [6, 6.07) is 8.66. The lowest BCUT2D eigenvalue weighted by atomic mass is 10.1. The molecule has 25 heavy (non-hydrogen) atoms. The van der Waals surface area contributed by atoms with Gasteiger partial charge in [0.15, 0.2) is 6.29 Å². The Morgan fingerprint density at radius 1 is 1.36 bits per heavy atom. The Morgan fingerprint density at radius 2 is 2.12 bits per heavy atom. The maximum atomic E-state index is 6.14. The summed E-state index contributed by atoms with van der Waals surface area (Å²) in [6.07, 6.45) is 4.89. The zero-order valence-electron chi connectivity index (χ0n) is 15.4. The molecule has 0 spiro atoms. The molecule has 1 aliphatic rings. The van der Waals surface area contributed by atoms with E-state index in [-0.39, 0.29) is 6.29 Å². The number of nitrogens with two attached hydrogens (primary N) is 2. The van der Waals surface area contributed by atoms with Crippen molar-refractivity contribution in [2.24, 2.45) is 11.6 Å². The first kappa shape index (κ1) is 19.7. The van der Waals surface area contributed by atoms with E-state index in [1.165, 1.54) is 5.56 Å². The molecule has 1 aromatic carbocycles. The Hall–Kier alpha value is -1.60. The van der Waals surface area contributed by atoms with Gasteiger partial charge in [-0.25, -0.2) is 5.84 Å². The van der Waals surface area contributed by atoms with E-state index >= 15 is 0 Å². The highest BCUT2D eigenvalue weighted by molar-refractivity contribution is 5.62. The molecule has 0 aliphatic carbocycles. The summed E-state index contributed by atoms with van der Waals surface area (Å²) in [5.74, 6) is 5.98. The molecular weight excluding hydrogens is 316 g/mol. The molecule has 1 unspecified atom stereocenters. The van der Waals surface area contributed by atoms with E-state index < -0.39 is 0 Å². The Labute approximate surface area is 151 Å². The van der Waals surface area contributed by atoms with Gasteiger partial charge in [0.2, 0.25) is 0 Å². The quantitative estimate of drug-likeness (QED) is 0.468. The van der Waals surface area contributed by atoms with Crippen molar-refractivity contribution in [2.45, 2.75) is 52.0 Å². The Morgan fingerprint density at radius 3 is 2.76 bits per heavy atom. The van der Waals surface area contributed by atoms with Crippen molar-refractivity contribution in [1.82, 2.24) is 10.3 Å². The van der Waals surface area contributed by atoms with Crippen LogP contribution in [0, 0.1) is 0 Å². The number of rotatable bonds is 9. The lowest BCUT2D eigenvalue weighted by molar-refractivity contribution is -0.163. The van der Waals surface area contributed by atoms with Gasteiger partial charge in [-0.15, -0.1) is 0 Å². The molecule has 5 N–H and O–H groups in total. The molecule has 1 heterocycles. The fraction of sp³-hybridized carbons (Fsp3) is 0.579. The molecule has 140 valence electrons. The largest absolute Gasteiger partial charge is 0.397 e. The van der Waals surface area contributed by atoms with Crippen molar-refractivity contribution in [3.05, 3.63) is 41.6 Å². The first-order valence-corrected chi connectivity index (χ1v) is 9.09. The minimum absolute atomic E-state index is 0.0875. The fourth-order valence-electron chi connectivity index (χ4n) is 2.59. The van der Waals surface area contributed by atoms with Crippen LogP contribution >= 0.6 is 0 Å². The maximum absolute atomic E-state index is 6.14. The highest BCUT2D eigenvalue weighted by atomic mass is 16.7. The molecule has 6 nitrogen and oxygen atoms in total. The normalized spacial score (nSPS) is 18.6. The number of hydrogen-bond donors (Lipinski definition) is 3. The third-order valence-electron chi connectivity index (χ3n) is 4.10. The minimum Gasteiger partial charge on any atom is -0.397 e. The third-order valence-corrected chi connectivity index (χ3v) is 4.10. The van der Waals surface area contributed by atoms with E-state index in [0.717, 1.165) is 38.0 Å². The molecule has 1 aliphatic heterocycles. The average Bonchev–Trinajstić information content (AvgIpc) is 2.61. The van der Waals surface area contributed by atoms with Crippen LogP contribution in [0.3, 0.4) is 0 Å². The second kappa shape index (κ2) is 10.4. The van der Waals surface area contributed by atoms with Crippen LogP contribution < -0.4 is 16.9 Å². The van der Waals surface area contributed by atoms with Crippen molar-refractivity contribution < 1.29 is 9.47 Å². The van der Waals surface area contributed by atoms with Crippen LogP contribution in [0.1, 0.15) is 44.2 Å². The Kier molecular flexibility index (Phi) is 8.21. The first-order valence-electron chi connectivity index (χ1n) is 9.09. The molecule has 0 saturated carbocycles.